The molecule has 8 heteroatoms. The monoisotopic (exact) mass is 256 g/mol. The first-order valence-electron chi connectivity index (χ1n) is 6.02. The Morgan fingerprint density at radius 1 is 1.11 bits per heavy atom. The van der Waals surface area contributed by atoms with E-state index >= 15 is 0 Å². The maximum absolute atomic E-state index is 6.38. The standard InChI is InChI=1S/C10H24N8/c11-2-4(12)3-1-9(17)5(13)7(15)10(3,18)8(16)6(9)14/h3-5,7H,1-2,11-18H2. The van der Waals surface area contributed by atoms with E-state index in [1.165, 1.54) is 0 Å². The minimum atomic E-state index is -1.04. The van der Waals surface area contributed by atoms with Crippen LogP contribution in [-0.2, 0) is 0 Å². The zero-order valence-corrected chi connectivity index (χ0v) is 10.3. The molecule has 8 nitrogen and oxygen atoms in total. The smallest absolute Gasteiger partial charge is 0.0788 e. The molecule has 0 aliphatic heterocycles. The van der Waals surface area contributed by atoms with Crippen molar-refractivity contribution in [1.82, 2.24) is 0 Å². The van der Waals surface area contributed by atoms with Crippen LogP contribution < -0.4 is 45.9 Å². The zero-order valence-electron chi connectivity index (χ0n) is 10.3. The van der Waals surface area contributed by atoms with E-state index in [4.69, 9.17) is 45.9 Å². The van der Waals surface area contributed by atoms with Gasteiger partial charge in [-0.3, -0.25) is 0 Å². The summed E-state index contributed by atoms with van der Waals surface area (Å²) in [4.78, 5) is 0. The molecule has 0 saturated heterocycles. The number of nitrogens with two attached hydrogens (primary N) is 8. The van der Waals surface area contributed by atoms with E-state index in [-0.39, 0.29) is 18.5 Å². The molecule has 2 bridgehead atoms. The van der Waals surface area contributed by atoms with Gasteiger partial charge in [0.2, 0.25) is 0 Å². The molecule has 3 aliphatic carbocycles. The normalized spacial score (nSPS) is 49.6. The molecule has 0 aromatic rings. The Labute approximate surface area is 106 Å². The minimum Gasteiger partial charge on any atom is -0.399 e. The van der Waals surface area contributed by atoms with Crippen molar-refractivity contribution in [2.45, 2.75) is 35.6 Å². The van der Waals surface area contributed by atoms with E-state index in [1.807, 2.05) is 0 Å². The van der Waals surface area contributed by atoms with Gasteiger partial charge in [-0.05, 0) is 6.42 Å². The SMILES string of the molecule is NCC(N)C1CC2(N)C(N)=C(N)C1(N)C(N)C2N. The van der Waals surface area contributed by atoms with Gasteiger partial charge in [-0.25, -0.2) is 0 Å². The molecule has 16 N–H and O–H groups in total. The number of fused-ring (bicyclic) bond motifs is 2. The van der Waals surface area contributed by atoms with Crippen molar-refractivity contribution >= 4 is 0 Å². The summed E-state index contributed by atoms with van der Waals surface area (Å²) < 4.78 is 0. The second kappa shape index (κ2) is 3.80. The highest BCUT2D eigenvalue weighted by Gasteiger charge is 2.63. The Bertz CT molecular complexity index is 395. The first-order valence-corrected chi connectivity index (χ1v) is 6.02. The Balaban J connectivity index is 2.58. The molecule has 6 unspecified atom stereocenters. The van der Waals surface area contributed by atoms with Crippen LogP contribution in [0.2, 0.25) is 0 Å². The third kappa shape index (κ3) is 1.30. The van der Waals surface area contributed by atoms with Crippen molar-refractivity contribution in [2.75, 3.05) is 6.54 Å². The summed E-state index contributed by atoms with van der Waals surface area (Å²) >= 11 is 0. The van der Waals surface area contributed by atoms with Gasteiger partial charge in [-0.1, -0.05) is 0 Å². The van der Waals surface area contributed by atoms with E-state index in [9.17, 15) is 0 Å². The molecule has 6 atom stereocenters. The number of rotatable bonds is 2. The molecule has 0 aromatic heterocycles. The first kappa shape index (κ1) is 13.5. The zero-order chi connectivity index (χ0) is 13.9. The van der Waals surface area contributed by atoms with Crippen molar-refractivity contribution in [2.24, 2.45) is 51.8 Å². The van der Waals surface area contributed by atoms with Crippen LogP contribution in [-0.4, -0.2) is 35.7 Å². The quantitative estimate of drug-likeness (QED) is 0.241. The fraction of sp³-hybridized carbons (Fsp3) is 0.800. The highest BCUT2D eigenvalue weighted by Crippen LogP contribution is 2.47. The van der Waals surface area contributed by atoms with E-state index in [2.05, 4.69) is 0 Å². The van der Waals surface area contributed by atoms with Crippen LogP contribution in [0.1, 0.15) is 6.42 Å². The summed E-state index contributed by atoms with van der Waals surface area (Å²) in [5.41, 5.74) is 47.2. The van der Waals surface area contributed by atoms with Gasteiger partial charge >= 0.3 is 0 Å². The van der Waals surface area contributed by atoms with Crippen LogP contribution in [0.5, 0.6) is 0 Å². The molecule has 0 aromatic carbocycles. The van der Waals surface area contributed by atoms with Crippen molar-refractivity contribution in [1.29, 1.82) is 0 Å². The molecule has 0 heterocycles. The van der Waals surface area contributed by atoms with Gasteiger partial charge in [0.05, 0.1) is 22.5 Å². The van der Waals surface area contributed by atoms with Gasteiger partial charge in [-0.2, -0.15) is 0 Å². The summed E-state index contributed by atoms with van der Waals surface area (Å²) in [5, 5.41) is 0. The Morgan fingerprint density at radius 2 is 1.67 bits per heavy atom. The van der Waals surface area contributed by atoms with Crippen LogP contribution in [0.25, 0.3) is 0 Å². The highest BCUT2D eigenvalue weighted by atomic mass is 15.1. The average molecular weight is 256 g/mol. The lowest BCUT2D eigenvalue weighted by molar-refractivity contribution is 0.0726. The molecule has 1 fully saturated rings. The third-order valence-electron chi connectivity index (χ3n) is 4.75. The fourth-order valence-corrected chi connectivity index (χ4v) is 3.36. The largest absolute Gasteiger partial charge is 0.399 e. The predicted octanol–water partition coefficient (Wildman–Crippen LogP) is -4.52. The Kier molecular flexibility index (Phi) is 2.85. The summed E-state index contributed by atoms with van der Waals surface area (Å²) in [6.45, 7) is 0.273. The van der Waals surface area contributed by atoms with Gasteiger partial charge in [0.1, 0.15) is 0 Å². The summed E-state index contributed by atoms with van der Waals surface area (Å²) in [6.07, 6.45) is 0.448. The Morgan fingerprint density at radius 3 is 2.17 bits per heavy atom. The third-order valence-corrected chi connectivity index (χ3v) is 4.75. The number of hydrogen-bond donors (Lipinski definition) is 8. The van der Waals surface area contributed by atoms with Crippen LogP contribution in [0.15, 0.2) is 11.4 Å². The van der Waals surface area contributed by atoms with Crippen molar-refractivity contribution < 1.29 is 0 Å². The molecule has 104 valence electrons. The van der Waals surface area contributed by atoms with Gasteiger partial charge in [-0.15, -0.1) is 0 Å². The Hall–Kier alpha value is -0.900. The van der Waals surface area contributed by atoms with Gasteiger partial charge in [0.25, 0.3) is 0 Å². The van der Waals surface area contributed by atoms with E-state index in [0.29, 0.717) is 17.8 Å². The topological polar surface area (TPSA) is 208 Å². The lowest BCUT2D eigenvalue weighted by Crippen LogP contribution is -2.85. The maximum Gasteiger partial charge on any atom is 0.0788 e. The van der Waals surface area contributed by atoms with Crippen LogP contribution in [0, 0.1) is 5.92 Å². The second-order valence-corrected chi connectivity index (χ2v) is 5.56. The van der Waals surface area contributed by atoms with Crippen molar-refractivity contribution in [3.05, 3.63) is 11.4 Å². The van der Waals surface area contributed by atoms with E-state index in [0.717, 1.165) is 0 Å². The predicted molar refractivity (Wildman–Crippen MR) is 70.3 cm³/mol. The van der Waals surface area contributed by atoms with Crippen LogP contribution >= 0.6 is 0 Å². The van der Waals surface area contributed by atoms with E-state index in [1.54, 1.807) is 0 Å². The number of hydrogen-bond acceptors (Lipinski definition) is 8. The molecular formula is C10H24N8. The molecule has 3 rings (SSSR count). The summed E-state index contributed by atoms with van der Waals surface area (Å²) in [6, 6.07) is -1.48. The molecule has 3 aliphatic rings. The molecule has 0 radical (unpaired) electrons. The molecule has 1 saturated carbocycles. The van der Waals surface area contributed by atoms with Gasteiger partial charge in [0, 0.05) is 30.6 Å². The lowest BCUT2D eigenvalue weighted by atomic mass is 9.52. The minimum absolute atomic E-state index is 0.227. The first-order chi connectivity index (χ1) is 8.21. The van der Waals surface area contributed by atoms with Crippen molar-refractivity contribution in [3.63, 3.8) is 0 Å². The van der Waals surface area contributed by atoms with Crippen molar-refractivity contribution in [3.8, 4) is 0 Å². The lowest BCUT2D eigenvalue weighted by Gasteiger charge is -2.61. The van der Waals surface area contributed by atoms with Crippen LogP contribution in [0.4, 0.5) is 0 Å². The van der Waals surface area contributed by atoms with Gasteiger partial charge in [0.15, 0.2) is 0 Å². The fourth-order valence-electron chi connectivity index (χ4n) is 3.36. The summed E-state index contributed by atoms with van der Waals surface area (Å²) in [5.74, 6) is -0.227. The second-order valence-electron chi connectivity index (χ2n) is 5.56. The highest BCUT2D eigenvalue weighted by molar-refractivity contribution is 5.45. The summed E-state index contributed by atoms with van der Waals surface area (Å²) in [7, 11) is 0. The molecule has 0 spiro atoms. The molecule has 0 amide bonds. The molecular weight excluding hydrogens is 232 g/mol. The van der Waals surface area contributed by atoms with Gasteiger partial charge < -0.3 is 45.9 Å². The van der Waals surface area contributed by atoms with Crippen LogP contribution in [0.3, 0.4) is 0 Å². The average Bonchev–Trinajstić information content (AvgIpc) is 2.36. The van der Waals surface area contributed by atoms with E-state index < -0.39 is 23.2 Å². The molecule has 18 heavy (non-hydrogen) atoms. The maximum atomic E-state index is 6.38.